The average molecular weight is 445 g/mol. The van der Waals surface area contributed by atoms with E-state index in [9.17, 15) is 0 Å². The van der Waals surface area contributed by atoms with Crippen molar-refractivity contribution in [1.29, 1.82) is 0 Å². The lowest BCUT2D eigenvalue weighted by Gasteiger charge is -2.11. The molecule has 8 nitrogen and oxygen atoms in total. The monoisotopic (exact) mass is 444 g/mol. The topological polar surface area (TPSA) is 100 Å². The van der Waals surface area contributed by atoms with E-state index in [4.69, 9.17) is 27.3 Å². The molecule has 9 heteroatoms. The predicted octanol–water partition coefficient (Wildman–Crippen LogP) is 4.64. The van der Waals surface area contributed by atoms with E-state index in [2.05, 4.69) is 29.1 Å². The van der Waals surface area contributed by atoms with Gasteiger partial charge in [-0.25, -0.2) is 19.6 Å². The molecule has 0 spiro atoms. The lowest BCUT2D eigenvalue weighted by atomic mass is 10.2. The summed E-state index contributed by atoms with van der Waals surface area (Å²) in [5.41, 5.74) is 11.7. The molecule has 5 aromatic rings. The minimum atomic E-state index is 0.214. The number of nitrogen functional groups attached to an aromatic ring is 1. The summed E-state index contributed by atoms with van der Waals surface area (Å²) in [5.74, 6) is 1.52. The number of halogens is 1. The quantitative estimate of drug-likeness (QED) is 0.396. The van der Waals surface area contributed by atoms with Crippen molar-refractivity contribution in [2.24, 2.45) is 0 Å². The number of nitrogens with two attached hydrogens (primary N) is 1. The molecule has 4 heterocycles. The second kappa shape index (κ2) is 8.05. The molecule has 0 aliphatic heterocycles. The Hall–Kier alpha value is -3.78. The van der Waals surface area contributed by atoms with Gasteiger partial charge in [-0.15, -0.1) is 16.7 Å². The largest absolute Gasteiger partial charge is 0.383 e. The molecule has 32 heavy (non-hydrogen) atoms. The van der Waals surface area contributed by atoms with Crippen molar-refractivity contribution in [1.82, 2.24) is 34.5 Å². The number of anilines is 1. The van der Waals surface area contributed by atoms with Crippen molar-refractivity contribution in [3.63, 3.8) is 0 Å². The summed E-state index contributed by atoms with van der Waals surface area (Å²) >= 11 is 5.99. The third-order valence-corrected chi connectivity index (χ3v) is 5.54. The van der Waals surface area contributed by atoms with Gasteiger partial charge >= 0.3 is 0 Å². The number of hydrogen-bond acceptors (Lipinski definition) is 6. The molecule has 0 radical (unpaired) electrons. The van der Waals surface area contributed by atoms with Crippen molar-refractivity contribution in [3.8, 4) is 28.5 Å². The number of rotatable bonds is 5. The molecule has 4 aromatic heterocycles. The van der Waals surface area contributed by atoms with Crippen LogP contribution in [0.25, 0.3) is 39.6 Å². The van der Waals surface area contributed by atoms with E-state index in [1.54, 1.807) is 6.20 Å². The molecule has 0 atom stereocenters. The minimum absolute atomic E-state index is 0.214. The van der Waals surface area contributed by atoms with E-state index < -0.39 is 0 Å². The van der Waals surface area contributed by atoms with Gasteiger partial charge in [0.25, 0.3) is 0 Å². The Kier molecular flexibility index (Phi) is 5.07. The van der Waals surface area contributed by atoms with Gasteiger partial charge in [-0.3, -0.25) is 4.57 Å². The van der Waals surface area contributed by atoms with Crippen LogP contribution in [0.1, 0.15) is 25.5 Å². The second-order valence-corrected chi connectivity index (χ2v) is 7.99. The van der Waals surface area contributed by atoms with Gasteiger partial charge in [-0.2, -0.15) is 0 Å². The number of imidazole rings is 1. The molecular weight excluding hydrogens is 424 g/mol. The van der Waals surface area contributed by atoms with Crippen molar-refractivity contribution in [2.45, 2.75) is 25.8 Å². The van der Waals surface area contributed by atoms with Crippen LogP contribution in [-0.2, 0) is 5.88 Å². The van der Waals surface area contributed by atoms with E-state index in [1.165, 1.54) is 0 Å². The normalized spacial score (nSPS) is 11.5. The highest BCUT2D eigenvalue weighted by atomic mass is 35.5. The van der Waals surface area contributed by atoms with Crippen LogP contribution in [0.4, 0.5) is 5.82 Å². The smallest absolute Gasteiger partial charge is 0.165 e. The van der Waals surface area contributed by atoms with E-state index in [1.807, 2.05) is 64.0 Å². The molecule has 0 fully saturated rings. The summed E-state index contributed by atoms with van der Waals surface area (Å²) in [7, 11) is 0. The summed E-state index contributed by atoms with van der Waals surface area (Å²) in [4.78, 5) is 14.0. The van der Waals surface area contributed by atoms with Gasteiger partial charge in [-0.05, 0) is 55.8 Å². The average Bonchev–Trinajstić information content (AvgIpc) is 3.44. The number of pyridine rings is 2. The molecule has 2 N–H and O–H groups in total. The van der Waals surface area contributed by atoms with Crippen molar-refractivity contribution < 1.29 is 0 Å². The summed E-state index contributed by atoms with van der Waals surface area (Å²) in [5, 5.41) is 8.50. The number of hydrogen-bond donors (Lipinski definition) is 1. The lowest BCUT2D eigenvalue weighted by Crippen LogP contribution is -2.02. The fourth-order valence-corrected chi connectivity index (χ4v) is 3.69. The van der Waals surface area contributed by atoms with Gasteiger partial charge in [-0.1, -0.05) is 17.3 Å². The zero-order valence-corrected chi connectivity index (χ0v) is 18.4. The summed E-state index contributed by atoms with van der Waals surface area (Å²) in [6.07, 6.45) is 3.56. The van der Waals surface area contributed by atoms with E-state index >= 15 is 0 Å². The summed E-state index contributed by atoms with van der Waals surface area (Å²) in [6.45, 7) is 4.11. The molecule has 0 aliphatic carbocycles. The fraction of sp³-hybridized carbons (Fsp3) is 0.174. The molecule has 0 unspecified atom stereocenters. The molecule has 0 saturated heterocycles. The molecule has 0 aliphatic rings. The number of fused-ring (bicyclic) bond motifs is 1. The second-order valence-electron chi connectivity index (χ2n) is 7.72. The van der Waals surface area contributed by atoms with Crippen LogP contribution >= 0.6 is 11.6 Å². The zero-order valence-electron chi connectivity index (χ0n) is 17.6. The zero-order chi connectivity index (χ0) is 22.2. The molecule has 1 aromatic carbocycles. The van der Waals surface area contributed by atoms with Crippen molar-refractivity contribution >= 4 is 28.6 Å². The highest BCUT2D eigenvalue weighted by Crippen LogP contribution is 2.31. The maximum Gasteiger partial charge on any atom is 0.165 e. The van der Waals surface area contributed by atoms with Crippen LogP contribution < -0.4 is 5.73 Å². The Balaban J connectivity index is 1.74. The van der Waals surface area contributed by atoms with Crippen LogP contribution in [0, 0.1) is 0 Å². The molecule has 0 bridgehead atoms. The van der Waals surface area contributed by atoms with Crippen LogP contribution in [0.15, 0.2) is 60.9 Å². The van der Waals surface area contributed by atoms with Gasteiger partial charge in [0.2, 0.25) is 0 Å². The van der Waals surface area contributed by atoms with Gasteiger partial charge in [0.05, 0.1) is 17.5 Å². The number of benzene rings is 1. The van der Waals surface area contributed by atoms with Gasteiger partial charge in [0.15, 0.2) is 11.5 Å². The Bertz CT molecular complexity index is 1400. The van der Waals surface area contributed by atoms with Crippen LogP contribution in [0.5, 0.6) is 0 Å². The predicted molar refractivity (Wildman–Crippen MR) is 125 cm³/mol. The van der Waals surface area contributed by atoms with E-state index in [0.29, 0.717) is 34.6 Å². The number of aromatic nitrogens is 7. The van der Waals surface area contributed by atoms with E-state index in [-0.39, 0.29) is 6.04 Å². The first kappa shape index (κ1) is 20.1. The third kappa shape index (κ3) is 3.48. The maximum atomic E-state index is 6.20. The first-order valence-corrected chi connectivity index (χ1v) is 10.8. The van der Waals surface area contributed by atoms with Gasteiger partial charge in [0.1, 0.15) is 17.0 Å². The Morgan fingerprint density at radius 1 is 1.00 bits per heavy atom. The Morgan fingerprint density at radius 3 is 2.50 bits per heavy atom. The third-order valence-electron chi connectivity index (χ3n) is 5.23. The summed E-state index contributed by atoms with van der Waals surface area (Å²) in [6, 6.07) is 15.8. The van der Waals surface area contributed by atoms with Crippen LogP contribution in [0.2, 0.25) is 0 Å². The van der Waals surface area contributed by atoms with Crippen LogP contribution in [-0.4, -0.2) is 34.5 Å². The number of alkyl halides is 1. The number of nitrogens with zero attached hydrogens (tertiary/aromatic N) is 7. The standard InChI is InChI=1S/C23H21ClN8/c1-14(2)31-13-20(29-30-31)18-9-10-19-23(27-18)32(16-7-5-15(12-24)6-8-16)22(28-19)17-4-3-11-26-21(17)25/h3-11,13-14H,12H2,1-2H3,(H2,25,26). The van der Waals surface area contributed by atoms with Crippen LogP contribution in [0.3, 0.4) is 0 Å². The summed E-state index contributed by atoms with van der Waals surface area (Å²) < 4.78 is 3.79. The molecule has 160 valence electrons. The van der Waals surface area contributed by atoms with Crippen molar-refractivity contribution in [2.75, 3.05) is 5.73 Å². The SMILES string of the molecule is CC(C)n1cc(-c2ccc3nc(-c4cccnc4N)n(-c4ccc(CCl)cc4)c3n2)nn1. The minimum Gasteiger partial charge on any atom is -0.383 e. The molecule has 5 rings (SSSR count). The molecule has 0 saturated carbocycles. The van der Waals surface area contributed by atoms with E-state index in [0.717, 1.165) is 22.3 Å². The highest BCUT2D eigenvalue weighted by molar-refractivity contribution is 6.17. The fourth-order valence-electron chi connectivity index (χ4n) is 3.51. The van der Waals surface area contributed by atoms with Gasteiger partial charge < -0.3 is 5.73 Å². The highest BCUT2D eigenvalue weighted by Gasteiger charge is 2.19. The first-order chi connectivity index (χ1) is 15.5. The molecular formula is C23H21ClN8. The van der Waals surface area contributed by atoms with Crippen molar-refractivity contribution in [3.05, 3.63) is 66.5 Å². The lowest BCUT2D eigenvalue weighted by molar-refractivity contribution is 0.514. The Labute approximate surface area is 189 Å². The first-order valence-electron chi connectivity index (χ1n) is 10.2. The maximum absolute atomic E-state index is 6.20. The Morgan fingerprint density at radius 2 is 1.81 bits per heavy atom. The molecule has 0 amide bonds. The van der Waals surface area contributed by atoms with Gasteiger partial charge in [0, 0.05) is 23.8 Å².